The lowest BCUT2D eigenvalue weighted by atomic mass is 10.1. The minimum Gasteiger partial charge on any atom is -0.497 e. The molecule has 0 bridgehead atoms. The number of methoxy groups -OCH3 is 1. The van der Waals surface area contributed by atoms with Gasteiger partial charge >= 0.3 is 0 Å². The number of hydrogen-bond donors (Lipinski definition) is 1. The van der Waals surface area contributed by atoms with E-state index in [-0.39, 0.29) is 0 Å². The van der Waals surface area contributed by atoms with Crippen LogP contribution in [0.15, 0.2) is 59.0 Å². The maximum absolute atomic E-state index is 8.49. The van der Waals surface area contributed by atoms with Gasteiger partial charge in [-0.1, -0.05) is 50.1 Å². The van der Waals surface area contributed by atoms with Gasteiger partial charge in [-0.3, -0.25) is 0 Å². The molecule has 0 atom stereocenters. The van der Waals surface area contributed by atoms with Crippen molar-refractivity contribution in [3.63, 3.8) is 0 Å². The summed E-state index contributed by atoms with van der Waals surface area (Å²) in [5, 5.41) is 2.14. The van der Waals surface area contributed by atoms with E-state index in [1.165, 1.54) is 25.7 Å². The van der Waals surface area contributed by atoms with Crippen LogP contribution in [0.2, 0.25) is 0 Å². The number of unbranched alkanes of at least 4 members (excludes halogenated alkanes) is 3. The normalized spacial score (nSPS) is 11.9. The molecule has 0 aliphatic rings. The summed E-state index contributed by atoms with van der Waals surface area (Å²) < 4.78 is 45.5. The van der Waals surface area contributed by atoms with E-state index in [1.807, 2.05) is 36.4 Å². The van der Waals surface area contributed by atoms with E-state index in [0.29, 0.717) is 0 Å². The van der Waals surface area contributed by atoms with Crippen molar-refractivity contribution in [1.29, 1.82) is 0 Å². The fourth-order valence-electron chi connectivity index (χ4n) is 2.96. The first-order valence-electron chi connectivity index (χ1n) is 9.67. The van der Waals surface area contributed by atoms with Crippen molar-refractivity contribution >= 4 is 11.0 Å². The highest BCUT2D eigenvalue weighted by atomic mass is 35.7. The summed E-state index contributed by atoms with van der Waals surface area (Å²) in [5.41, 5.74) is 1.94. The molecule has 0 fully saturated rings. The minimum atomic E-state index is -4.94. The van der Waals surface area contributed by atoms with E-state index in [2.05, 4.69) is 30.1 Å². The summed E-state index contributed by atoms with van der Waals surface area (Å²) in [7, 11) is -3.26. The fraction of sp³-hybridized carbons (Fsp3) is 0.318. The first-order valence-corrected chi connectivity index (χ1v) is 10.9. The van der Waals surface area contributed by atoms with Crippen molar-refractivity contribution in [3.8, 4) is 17.1 Å². The van der Waals surface area contributed by atoms with Crippen LogP contribution < -0.4 is 33.7 Å². The van der Waals surface area contributed by atoms with E-state index in [0.717, 1.165) is 39.9 Å². The van der Waals surface area contributed by atoms with Gasteiger partial charge in [0, 0.05) is 12.0 Å². The second-order valence-electron chi connectivity index (χ2n) is 6.62. The standard InChI is InChI=1S/C22H25NO2.ClHO4/c1-3-4-5-9-14-23-20-16-22(17-10-7-6-8-11-17)25-21-13-12-18(24-2)15-19(20)21;2-1(3,4)5/h6-8,10-13,15-16H,3-5,9,14H2,1-2H3;(H,2,3,4,5). The topological polar surface area (TPSA) is 129 Å². The lowest BCUT2D eigenvalue weighted by molar-refractivity contribution is -2.00. The Kier molecular flexibility index (Phi) is 9.29. The Morgan fingerprint density at radius 1 is 0.933 bits per heavy atom. The predicted molar refractivity (Wildman–Crippen MR) is 101 cm³/mol. The average molecular weight is 436 g/mol. The monoisotopic (exact) mass is 435 g/mol. The Morgan fingerprint density at radius 2 is 1.63 bits per heavy atom. The van der Waals surface area contributed by atoms with Crippen LogP contribution in [0.25, 0.3) is 22.3 Å². The lowest BCUT2D eigenvalue weighted by Gasteiger charge is -2.17. The van der Waals surface area contributed by atoms with E-state index in [4.69, 9.17) is 27.8 Å². The first kappa shape index (κ1) is 23.9. The third kappa shape index (κ3) is 8.14. The second kappa shape index (κ2) is 11.7. The number of halogens is 1. The summed E-state index contributed by atoms with van der Waals surface area (Å²) in [4.78, 5) is 3.59. The average Bonchev–Trinajstić information content (AvgIpc) is 2.72. The largest absolute Gasteiger partial charge is 0.497 e. The first-order chi connectivity index (χ1) is 14.3. The molecule has 7 nitrogen and oxygen atoms in total. The molecule has 0 spiro atoms. The van der Waals surface area contributed by atoms with Crippen LogP contribution in [0.4, 0.5) is 0 Å². The van der Waals surface area contributed by atoms with Gasteiger partial charge in [0.25, 0.3) is 0 Å². The molecule has 0 aliphatic carbocycles. The molecule has 1 N–H and O–H groups in total. The third-order valence-corrected chi connectivity index (χ3v) is 4.38. The number of benzene rings is 2. The van der Waals surface area contributed by atoms with Crippen LogP contribution in [0.5, 0.6) is 5.75 Å². The maximum Gasteiger partial charge on any atom is 0.213 e. The number of nitrogens with one attached hydrogen (secondary N) is 1. The maximum atomic E-state index is 8.49. The van der Waals surface area contributed by atoms with Gasteiger partial charge < -0.3 is 9.15 Å². The molecule has 1 heterocycles. The highest BCUT2D eigenvalue weighted by Gasteiger charge is 2.10. The summed E-state index contributed by atoms with van der Waals surface area (Å²) in [6, 6.07) is 18.2. The Morgan fingerprint density at radius 3 is 2.27 bits per heavy atom. The molecule has 162 valence electrons. The SMILES string of the molecule is CCCCCC[NH+]=c1cc(-c2ccccc2)oc2ccc(OC)cc12.[O-][Cl+3]([O-])([O-])[O-]. The van der Waals surface area contributed by atoms with E-state index < -0.39 is 10.2 Å². The number of rotatable bonds is 7. The molecule has 8 heteroatoms. The molecular weight excluding hydrogens is 410 g/mol. The number of fused-ring (bicyclic) bond motifs is 1. The zero-order valence-electron chi connectivity index (χ0n) is 17.1. The Hall–Kier alpha value is -2.42. The molecule has 0 saturated heterocycles. The van der Waals surface area contributed by atoms with Gasteiger partial charge in [0.1, 0.15) is 23.6 Å². The highest BCUT2D eigenvalue weighted by molar-refractivity contribution is 5.79. The van der Waals surface area contributed by atoms with Crippen molar-refractivity contribution in [2.24, 2.45) is 0 Å². The van der Waals surface area contributed by atoms with Crippen molar-refractivity contribution in [2.45, 2.75) is 32.6 Å². The smallest absolute Gasteiger partial charge is 0.213 e. The number of ether oxygens (including phenoxy) is 1. The summed E-state index contributed by atoms with van der Waals surface area (Å²) >= 11 is 0. The van der Waals surface area contributed by atoms with Gasteiger partial charge in [0.2, 0.25) is 5.36 Å². The molecule has 0 amide bonds. The molecule has 0 saturated carbocycles. The van der Waals surface area contributed by atoms with Crippen LogP contribution in [0.1, 0.15) is 32.6 Å². The van der Waals surface area contributed by atoms with Crippen LogP contribution >= 0.6 is 0 Å². The van der Waals surface area contributed by atoms with Gasteiger partial charge in [-0.15, -0.1) is 10.2 Å². The van der Waals surface area contributed by atoms with Crippen LogP contribution in [0, 0.1) is 10.2 Å². The zero-order chi connectivity index (χ0) is 22.0. The lowest BCUT2D eigenvalue weighted by Crippen LogP contribution is -2.76. The van der Waals surface area contributed by atoms with Crippen molar-refractivity contribution in [3.05, 3.63) is 60.0 Å². The molecule has 3 aromatic rings. The van der Waals surface area contributed by atoms with Gasteiger partial charge in [-0.2, -0.15) is 0 Å². The van der Waals surface area contributed by atoms with Crippen molar-refractivity contribution in [2.75, 3.05) is 13.7 Å². The summed E-state index contributed by atoms with van der Waals surface area (Å²) in [6.07, 6.45) is 4.97. The third-order valence-electron chi connectivity index (χ3n) is 4.38. The van der Waals surface area contributed by atoms with Crippen molar-refractivity contribution in [1.82, 2.24) is 0 Å². The molecule has 3 rings (SSSR count). The van der Waals surface area contributed by atoms with E-state index in [1.54, 1.807) is 7.11 Å². The molecule has 1 aromatic heterocycles. The minimum absolute atomic E-state index is 0.837. The highest BCUT2D eigenvalue weighted by Crippen LogP contribution is 2.23. The molecule has 0 aliphatic heterocycles. The van der Waals surface area contributed by atoms with Crippen LogP contribution in [-0.4, -0.2) is 13.7 Å². The van der Waals surface area contributed by atoms with Gasteiger partial charge in [-0.25, -0.2) is 23.6 Å². The molecular formula is C22H26ClNO6. The van der Waals surface area contributed by atoms with Crippen molar-refractivity contribution < 1.29 is 43.0 Å². The van der Waals surface area contributed by atoms with Crippen LogP contribution in [0.3, 0.4) is 0 Å². The van der Waals surface area contributed by atoms with Gasteiger partial charge in [0.15, 0.2) is 0 Å². The zero-order valence-corrected chi connectivity index (χ0v) is 17.8. The Bertz CT molecular complexity index is 976. The molecule has 0 radical (unpaired) electrons. The molecule has 30 heavy (non-hydrogen) atoms. The van der Waals surface area contributed by atoms with E-state index >= 15 is 0 Å². The van der Waals surface area contributed by atoms with E-state index in [9.17, 15) is 0 Å². The number of hydrogen-bond acceptors (Lipinski definition) is 6. The second-order valence-corrected chi connectivity index (χ2v) is 7.37. The Balaban J connectivity index is 0.000000575. The van der Waals surface area contributed by atoms with Crippen LogP contribution in [-0.2, 0) is 0 Å². The molecule has 2 aromatic carbocycles. The predicted octanol–water partition coefficient (Wildman–Crippen LogP) is -1.09. The van der Waals surface area contributed by atoms with Gasteiger partial charge in [-0.05, 0) is 24.6 Å². The Labute approximate surface area is 177 Å². The fourth-order valence-corrected chi connectivity index (χ4v) is 2.96. The van der Waals surface area contributed by atoms with Gasteiger partial charge in [0.05, 0.1) is 18.6 Å². The quantitative estimate of drug-likeness (QED) is 0.470. The molecule has 0 unspecified atom stereocenters. The summed E-state index contributed by atoms with van der Waals surface area (Å²) in [6.45, 7) is 3.20. The summed E-state index contributed by atoms with van der Waals surface area (Å²) in [5.74, 6) is 1.71.